The Balaban J connectivity index is 2.05. The van der Waals surface area contributed by atoms with E-state index < -0.39 is 0 Å². The Bertz CT molecular complexity index is 651. The van der Waals surface area contributed by atoms with Crippen molar-refractivity contribution in [3.8, 4) is 0 Å². The zero-order chi connectivity index (χ0) is 16.1. The van der Waals surface area contributed by atoms with E-state index in [1.807, 2.05) is 0 Å². The molecule has 1 aromatic heterocycles. The van der Waals surface area contributed by atoms with Crippen LogP contribution in [-0.4, -0.2) is 29.8 Å². The Morgan fingerprint density at radius 1 is 1.23 bits per heavy atom. The van der Waals surface area contributed by atoms with E-state index in [-0.39, 0.29) is 18.4 Å². The lowest BCUT2D eigenvalue weighted by Crippen LogP contribution is -2.37. The fraction of sp³-hybridized carbons (Fsp3) is 0.200. The molecule has 0 atom stereocenters. The van der Waals surface area contributed by atoms with Gasteiger partial charge in [0, 0.05) is 6.54 Å². The molecular formula is C15H14Cl2N2O3. The number of rotatable bonds is 5. The molecule has 2 amide bonds. The van der Waals surface area contributed by atoms with Crippen molar-refractivity contribution >= 4 is 40.7 Å². The minimum absolute atomic E-state index is 0.109. The minimum Gasteiger partial charge on any atom is -0.472 e. The zero-order valence-electron chi connectivity index (χ0n) is 11.8. The second-order valence-corrected chi connectivity index (χ2v) is 5.29. The SMILES string of the molecule is CCN(CC(=O)Nc1c(Cl)cccc1Cl)C(=O)c1ccoc1. The fourth-order valence-electron chi connectivity index (χ4n) is 1.87. The van der Waals surface area contributed by atoms with Crippen LogP contribution in [0.4, 0.5) is 5.69 Å². The number of para-hydroxylation sites is 1. The molecule has 0 radical (unpaired) electrons. The second-order valence-electron chi connectivity index (χ2n) is 4.48. The molecule has 2 rings (SSSR count). The first kappa shape index (κ1) is 16.4. The van der Waals surface area contributed by atoms with Crippen LogP contribution in [0.1, 0.15) is 17.3 Å². The molecule has 1 N–H and O–H groups in total. The van der Waals surface area contributed by atoms with Crippen LogP contribution in [0.15, 0.2) is 41.2 Å². The van der Waals surface area contributed by atoms with E-state index in [2.05, 4.69) is 5.32 Å². The number of carbonyl (C=O) groups excluding carboxylic acids is 2. The molecule has 0 aliphatic rings. The number of likely N-dealkylation sites (N-methyl/N-ethyl adjacent to an activating group) is 1. The van der Waals surface area contributed by atoms with Crippen molar-refractivity contribution < 1.29 is 14.0 Å². The van der Waals surface area contributed by atoms with Crippen molar-refractivity contribution in [1.82, 2.24) is 4.90 Å². The fourth-order valence-corrected chi connectivity index (χ4v) is 2.36. The summed E-state index contributed by atoms with van der Waals surface area (Å²) in [6.45, 7) is 2.06. The van der Waals surface area contributed by atoms with Crippen molar-refractivity contribution in [2.24, 2.45) is 0 Å². The standard InChI is InChI=1S/C15H14Cl2N2O3/c1-2-19(15(21)10-6-7-22-9-10)8-13(20)18-14-11(16)4-3-5-12(14)17/h3-7,9H,2,8H2,1H3,(H,18,20). The summed E-state index contributed by atoms with van der Waals surface area (Å²) in [4.78, 5) is 25.7. The number of nitrogens with one attached hydrogen (secondary N) is 1. The number of anilines is 1. The van der Waals surface area contributed by atoms with Gasteiger partial charge in [0.25, 0.3) is 5.91 Å². The van der Waals surface area contributed by atoms with Crippen LogP contribution in [0.3, 0.4) is 0 Å². The van der Waals surface area contributed by atoms with E-state index in [1.54, 1.807) is 31.2 Å². The van der Waals surface area contributed by atoms with Crippen LogP contribution < -0.4 is 5.32 Å². The molecule has 0 unspecified atom stereocenters. The summed E-state index contributed by atoms with van der Waals surface area (Å²) >= 11 is 12.0. The van der Waals surface area contributed by atoms with E-state index in [9.17, 15) is 9.59 Å². The highest BCUT2D eigenvalue weighted by Crippen LogP contribution is 2.29. The summed E-state index contributed by atoms with van der Waals surface area (Å²) in [6.07, 6.45) is 2.75. The lowest BCUT2D eigenvalue weighted by molar-refractivity contribution is -0.116. The highest BCUT2D eigenvalue weighted by Gasteiger charge is 2.19. The Hall–Kier alpha value is -1.98. The van der Waals surface area contributed by atoms with E-state index in [4.69, 9.17) is 27.6 Å². The lowest BCUT2D eigenvalue weighted by atomic mass is 10.2. The summed E-state index contributed by atoms with van der Waals surface area (Å²) in [6, 6.07) is 6.48. The quantitative estimate of drug-likeness (QED) is 0.902. The van der Waals surface area contributed by atoms with Gasteiger partial charge in [0.05, 0.1) is 27.6 Å². The molecule has 0 aliphatic carbocycles. The third kappa shape index (κ3) is 3.81. The molecule has 0 saturated heterocycles. The van der Waals surface area contributed by atoms with E-state index in [1.165, 1.54) is 17.4 Å². The summed E-state index contributed by atoms with van der Waals surface area (Å²) in [5.41, 5.74) is 0.730. The number of furan rings is 1. The first-order valence-corrected chi connectivity index (χ1v) is 7.33. The number of nitrogens with zero attached hydrogens (tertiary/aromatic N) is 1. The van der Waals surface area contributed by atoms with Crippen LogP contribution in [0.2, 0.25) is 10.0 Å². The first-order chi connectivity index (χ1) is 10.5. The van der Waals surface area contributed by atoms with Gasteiger partial charge in [-0.1, -0.05) is 29.3 Å². The van der Waals surface area contributed by atoms with Crippen molar-refractivity contribution in [1.29, 1.82) is 0 Å². The highest BCUT2D eigenvalue weighted by atomic mass is 35.5. The highest BCUT2D eigenvalue weighted by molar-refractivity contribution is 6.39. The van der Waals surface area contributed by atoms with Gasteiger partial charge in [-0.2, -0.15) is 0 Å². The third-order valence-corrected chi connectivity index (χ3v) is 3.63. The van der Waals surface area contributed by atoms with Gasteiger partial charge < -0.3 is 14.6 Å². The number of carbonyl (C=O) groups is 2. The Kier molecular flexibility index (Phi) is 5.46. The molecule has 0 spiro atoms. The number of halogens is 2. The van der Waals surface area contributed by atoms with Crippen LogP contribution >= 0.6 is 23.2 Å². The second kappa shape index (κ2) is 7.33. The predicted octanol–water partition coefficient (Wildman–Crippen LogP) is 3.69. The number of benzene rings is 1. The average molecular weight is 341 g/mol. The minimum atomic E-state index is -0.381. The molecule has 1 aromatic carbocycles. The Labute approximate surface area is 137 Å². The number of hydrogen-bond acceptors (Lipinski definition) is 3. The van der Waals surface area contributed by atoms with Gasteiger partial charge >= 0.3 is 0 Å². The summed E-state index contributed by atoms with van der Waals surface area (Å²) < 4.78 is 4.88. The largest absolute Gasteiger partial charge is 0.472 e. The smallest absolute Gasteiger partial charge is 0.257 e. The third-order valence-electron chi connectivity index (χ3n) is 3.00. The maximum absolute atomic E-state index is 12.2. The average Bonchev–Trinajstić information content (AvgIpc) is 3.02. The molecular weight excluding hydrogens is 327 g/mol. The van der Waals surface area contributed by atoms with E-state index in [0.29, 0.717) is 27.8 Å². The van der Waals surface area contributed by atoms with Gasteiger partial charge in [-0.25, -0.2) is 0 Å². The van der Waals surface area contributed by atoms with E-state index >= 15 is 0 Å². The van der Waals surface area contributed by atoms with Gasteiger partial charge in [-0.15, -0.1) is 0 Å². The van der Waals surface area contributed by atoms with Gasteiger partial charge in [0.2, 0.25) is 5.91 Å². The number of amides is 2. The van der Waals surface area contributed by atoms with Crippen LogP contribution in [0.25, 0.3) is 0 Å². The lowest BCUT2D eigenvalue weighted by Gasteiger charge is -2.20. The molecule has 0 fully saturated rings. The normalized spacial score (nSPS) is 10.3. The van der Waals surface area contributed by atoms with Crippen molar-refractivity contribution in [2.75, 3.05) is 18.4 Å². The maximum Gasteiger partial charge on any atom is 0.257 e. The molecule has 22 heavy (non-hydrogen) atoms. The Morgan fingerprint density at radius 2 is 1.91 bits per heavy atom. The van der Waals surface area contributed by atoms with Gasteiger partial charge in [-0.3, -0.25) is 9.59 Å². The topological polar surface area (TPSA) is 62.6 Å². The summed E-state index contributed by atoms with van der Waals surface area (Å²) in [5.74, 6) is -0.662. The molecule has 0 aliphatic heterocycles. The monoisotopic (exact) mass is 340 g/mol. The zero-order valence-corrected chi connectivity index (χ0v) is 13.3. The van der Waals surface area contributed by atoms with Crippen molar-refractivity contribution in [3.63, 3.8) is 0 Å². The van der Waals surface area contributed by atoms with Gasteiger partial charge in [-0.05, 0) is 25.1 Å². The van der Waals surface area contributed by atoms with Crippen LogP contribution in [-0.2, 0) is 4.79 Å². The number of hydrogen-bond donors (Lipinski definition) is 1. The molecule has 0 saturated carbocycles. The first-order valence-electron chi connectivity index (χ1n) is 6.58. The maximum atomic E-state index is 12.2. The van der Waals surface area contributed by atoms with Crippen molar-refractivity contribution in [3.05, 3.63) is 52.4 Å². The van der Waals surface area contributed by atoms with Gasteiger partial charge in [0.1, 0.15) is 12.8 Å². The molecule has 116 valence electrons. The molecule has 5 nitrogen and oxygen atoms in total. The molecule has 0 bridgehead atoms. The van der Waals surface area contributed by atoms with Gasteiger partial charge in [0.15, 0.2) is 0 Å². The summed E-state index contributed by atoms with van der Waals surface area (Å²) in [5, 5.41) is 3.30. The van der Waals surface area contributed by atoms with Crippen LogP contribution in [0.5, 0.6) is 0 Å². The van der Waals surface area contributed by atoms with Crippen LogP contribution in [0, 0.1) is 0 Å². The molecule has 1 heterocycles. The van der Waals surface area contributed by atoms with E-state index in [0.717, 1.165) is 0 Å². The predicted molar refractivity (Wildman–Crippen MR) is 85.4 cm³/mol. The van der Waals surface area contributed by atoms with Crippen molar-refractivity contribution in [2.45, 2.75) is 6.92 Å². The molecule has 2 aromatic rings. The Morgan fingerprint density at radius 3 is 2.45 bits per heavy atom. The molecule has 7 heteroatoms. The summed E-state index contributed by atoms with van der Waals surface area (Å²) in [7, 11) is 0.